The Bertz CT molecular complexity index is 376. The highest BCUT2D eigenvalue weighted by molar-refractivity contribution is 9.11. The van der Waals surface area contributed by atoms with Crippen LogP contribution in [0.25, 0.3) is 0 Å². The standard InChI is InChI=1S/C13H14BrN/c14-12-6-5-11(9-12)13(7-8-15)10-3-1-2-4-10/h5-7,10H,1-4,9H2/b13-7+. The molecular formula is C13H14BrN. The Morgan fingerprint density at radius 3 is 2.67 bits per heavy atom. The maximum Gasteiger partial charge on any atom is 0.0915 e. The first-order chi connectivity index (χ1) is 7.31. The van der Waals surface area contributed by atoms with Crippen LogP contribution in [0.5, 0.6) is 0 Å². The smallest absolute Gasteiger partial charge is 0.0915 e. The van der Waals surface area contributed by atoms with Gasteiger partial charge in [-0.15, -0.1) is 0 Å². The molecule has 1 saturated carbocycles. The highest BCUT2D eigenvalue weighted by Crippen LogP contribution is 2.39. The van der Waals surface area contributed by atoms with Crippen LogP contribution in [-0.4, -0.2) is 0 Å². The van der Waals surface area contributed by atoms with Crippen LogP contribution in [0.1, 0.15) is 32.1 Å². The van der Waals surface area contributed by atoms with Crippen molar-refractivity contribution < 1.29 is 0 Å². The Morgan fingerprint density at radius 1 is 1.40 bits per heavy atom. The molecule has 0 saturated heterocycles. The molecule has 2 rings (SSSR count). The van der Waals surface area contributed by atoms with Crippen molar-refractivity contribution in [2.24, 2.45) is 5.92 Å². The molecule has 2 heteroatoms. The van der Waals surface area contributed by atoms with Crippen LogP contribution < -0.4 is 0 Å². The second kappa shape index (κ2) is 4.81. The minimum absolute atomic E-state index is 0.628. The maximum atomic E-state index is 8.84. The summed E-state index contributed by atoms with van der Waals surface area (Å²) in [6.07, 6.45) is 12.1. The van der Waals surface area contributed by atoms with Gasteiger partial charge in [0.1, 0.15) is 0 Å². The van der Waals surface area contributed by atoms with E-state index in [1.54, 1.807) is 6.08 Å². The summed E-state index contributed by atoms with van der Waals surface area (Å²) in [5, 5.41) is 8.84. The number of hydrogen-bond acceptors (Lipinski definition) is 1. The Morgan fingerprint density at radius 2 is 2.13 bits per heavy atom. The third-order valence-corrected chi connectivity index (χ3v) is 3.76. The lowest BCUT2D eigenvalue weighted by Crippen LogP contribution is -2.01. The Kier molecular flexibility index (Phi) is 3.43. The quantitative estimate of drug-likeness (QED) is 0.684. The van der Waals surface area contributed by atoms with Gasteiger partial charge in [-0.05, 0) is 34.4 Å². The van der Waals surface area contributed by atoms with E-state index in [9.17, 15) is 0 Å². The Labute approximate surface area is 99.3 Å². The first kappa shape index (κ1) is 10.7. The third kappa shape index (κ3) is 2.41. The van der Waals surface area contributed by atoms with Crippen LogP contribution in [0.2, 0.25) is 0 Å². The van der Waals surface area contributed by atoms with Gasteiger partial charge in [-0.25, -0.2) is 0 Å². The molecule has 0 aromatic heterocycles. The molecule has 0 aromatic carbocycles. The van der Waals surface area contributed by atoms with Crippen molar-refractivity contribution in [1.29, 1.82) is 5.26 Å². The number of nitrogens with zero attached hydrogens (tertiary/aromatic N) is 1. The highest BCUT2D eigenvalue weighted by Gasteiger charge is 2.23. The number of halogens is 1. The van der Waals surface area contributed by atoms with Crippen molar-refractivity contribution in [3.05, 3.63) is 33.9 Å². The molecule has 0 aromatic rings. The summed E-state index contributed by atoms with van der Waals surface area (Å²) in [5.41, 5.74) is 2.61. The summed E-state index contributed by atoms with van der Waals surface area (Å²) < 4.78 is 1.22. The van der Waals surface area contributed by atoms with Gasteiger partial charge < -0.3 is 0 Å². The maximum absolute atomic E-state index is 8.84. The van der Waals surface area contributed by atoms with E-state index in [4.69, 9.17) is 5.26 Å². The van der Waals surface area contributed by atoms with Crippen molar-refractivity contribution in [3.63, 3.8) is 0 Å². The van der Waals surface area contributed by atoms with Crippen LogP contribution in [0.15, 0.2) is 33.9 Å². The van der Waals surface area contributed by atoms with Crippen molar-refractivity contribution in [1.82, 2.24) is 0 Å². The van der Waals surface area contributed by atoms with Crippen molar-refractivity contribution >= 4 is 15.9 Å². The number of rotatable bonds is 2. The fourth-order valence-corrected chi connectivity index (χ4v) is 2.90. The summed E-state index contributed by atoms with van der Waals surface area (Å²) in [5.74, 6) is 0.628. The molecular weight excluding hydrogens is 250 g/mol. The summed E-state index contributed by atoms with van der Waals surface area (Å²) in [6.45, 7) is 0. The minimum atomic E-state index is 0.628. The molecule has 0 unspecified atom stereocenters. The van der Waals surface area contributed by atoms with Gasteiger partial charge in [0.2, 0.25) is 0 Å². The molecule has 0 radical (unpaired) electrons. The molecule has 1 fully saturated rings. The number of hydrogen-bond donors (Lipinski definition) is 0. The number of allylic oxidation sites excluding steroid dienone is 6. The first-order valence-electron chi connectivity index (χ1n) is 5.46. The summed E-state index contributed by atoms with van der Waals surface area (Å²) in [4.78, 5) is 0. The van der Waals surface area contributed by atoms with Gasteiger partial charge in [0.15, 0.2) is 0 Å². The average Bonchev–Trinajstić information content (AvgIpc) is 2.85. The Balaban J connectivity index is 2.15. The molecule has 15 heavy (non-hydrogen) atoms. The van der Waals surface area contributed by atoms with Crippen LogP contribution in [0.4, 0.5) is 0 Å². The second-order valence-electron chi connectivity index (χ2n) is 4.19. The van der Waals surface area contributed by atoms with E-state index in [2.05, 4.69) is 34.2 Å². The topological polar surface area (TPSA) is 23.8 Å². The molecule has 0 heterocycles. The van der Waals surface area contributed by atoms with Gasteiger partial charge in [-0.1, -0.05) is 40.9 Å². The lowest BCUT2D eigenvalue weighted by atomic mass is 9.90. The van der Waals surface area contributed by atoms with E-state index in [-0.39, 0.29) is 0 Å². The number of nitriles is 1. The zero-order valence-corrected chi connectivity index (χ0v) is 10.3. The zero-order valence-electron chi connectivity index (χ0n) is 8.67. The van der Waals surface area contributed by atoms with Gasteiger partial charge in [0.05, 0.1) is 6.07 Å². The molecule has 0 N–H and O–H groups in total. The van der Waals surface area contributed by atoms with Crippen molar-refractivity contribution in [2.75, 3.05) is 0 Å². The average molecular weight is 264 g/mol. The monoisotopic (exact) mass is 263 g/mol. The Hall–Kier alpha value is -0.810. The molecule has 0 spiro atoms. The lowest BCUT2D eigenvalue weighted by Gasteiger charge is -2.14. The van der Waals surface area contributed by atoms with Crippen molar-refractivity contribution in [2.45, 2.75) is 32.1 Å². The van der Waals surface area contributed by atoms with Gasteiger partial charge in [0, 0.05) is 12.5 Å². The first-order valence-corrected chi connectivity index (χ1v) is 6.26. The van der Waals surface area contributed by atoms with E-state index in [1.807, 2.05) is 0 Å². The molecule has 2 aliphatic rings. The van der Waals surface area contributed by atoms with Crippen LogP contribution in [0, 0.1) is 17.2 Å². The van der Waals surface area contributed by atoms with E-state index in [1.165, 1.54) is 41.3 Å². The molecule has 78 valence electrons. The largest absolute Gasteiger partial charge is 0.193 e. The predicted molar refractivity (Wildman–Crippen MR) is 65.4 cm³/mol. The summed E-state index contributed by atoms with van der Waals surface area (Å²) in [7, 11) is 0. The highest BCUT2D eigenvalue weighted by atomic mass is 79.9. The van der Waals surface area contributed by atoms with E-state index in [0.717, 1.165) is 6.42 Å². The zero-order chi connectivity index (χ0) is 10.7. The summed E-state index contributed by atoms with van der Waals surface area (Å²) in [6, 6.07) is 2.20. The normalized spacial score (nSPS) is 22.5. The van der Waals surface area contributed by atoms with Crippen molar-refractivity contribution in [3.8, 4) is 6.07 Å². The SMILES string of the molecule is N#C/C=C(/C1=CC=C(Br)C1)C1CCCC1. The van der Waals surface area contributed by atoms with Crippen LogP contribution in [-0.2, 0) is 0 Å². The molecule has 0 amide bonds. The molecule has 0 aliphatic heterocycles. The van der Waals surface area contributed by atoms with Crippen LogP contribution >= 0.6 is 15.9 Å². The lowest BCUT2D eigenvalue weighted by molar-refractivity contribution is 0.647. The van der Waals surface area contributed by atoms with E-state index >= 15 is 0 Å². The van der Waals surface area contributed by atoms with Gasteiger partial charge in [0.25, 0.3) is 0 Å². The second-order valence-corrected chi connectivity index (χ2v) is 5.21. The fourth-order valence-electron chi connectivity index (χ4n) is 2.47. The minimum Gasteiger partial charge on any atom is -0.193 e. The van der Waals surface area contributed by atoms with Gasteiger partial charge in [-0.3, -0.25) is 0 Å². The van der Waals surface area contributed by atoms with Gasteiger partial charge >= 0.3 is 0 Å². The molecule has 1 nitrogen and oxygen atoms in total. The molecule has 0 bridgehead atoms. The third-order valence-electron chi connectivity index (χ3n) is 3.21. The fraction of sp³-hybridized carbons (Fsp3) is 0.462. The van der Waals surface area contributed by atoms with E-state index in [0.29, 0.717) is 5.92 Å². The van der Waals surface area contributed by atoms with Gasteiger partial charge in [-0.2, -0.15) is 5.26 Å². The van der Waals surface area contributed by atoms with E-state index < -0.39 is 0 Å². The van der Waals surface area contributed by atoms with Crippen LogP contribution in [0.3, 0.4) is 0 Å². The summed E-state index contributed by atoms with van der Waals surface area (Å²) >= 11 is 3.51. The molecule has 2 aliphatic carbocycles. The molecule has 0 atom stereocenters. The predicted octanol–water partition coefficient (Wildman–Crippen LogP) is 4.24.